The number of carbonyl (C=O) groups excluding carboxylic acids is 1. The summed E-state index contributed by atoms with van der Waals surface area (Å²) >= 11 is 0. The minimum absolute atomic E-state index is 0. The molecule has 0 bridgehead atoms. The monoisotopic (exact) mass is 346 g/mol. The third kappa shape index (κ3) is 3.41. The van der Waals surface area contributed by atoms with Gasteiger partial charge in [0, 0.05) is 42.6 Å². The van der Waals surface area contributed by atoms with Crippen molar-refractivity contribution in [2.45, 2.75) is 33.2 Å². The van der Waals surface area contributed by atoms with Crippen LogP contribution in [0.5, 0.6) is 0 Å². The minimum atomic E-state index is -1.82. The first kappa shape index (κ1) is 18.7. The van der Waals surface area contributed by atoms with E-state index in [2.05, 4.69) is 16.0 Å². The van der Waals surface area contributed by atoms with E-state index in [1.807, 2.05) is 12.1 Å². The Bertz CT molecular complexity index is 826. The first-order valence-electron chi connectivity index (χ1n) is 7.83. The number of aromatic nitrogens is 1. The van der Waals surface area contributed by atoms with Gasteiger partial charge in [-0.15, -0.1) is 0 Å². The van der Waals surface area contributed by atoms with E-state index in [0.29, 0.717) is 12.2 Å². The Morgan fingerprint density at radius 2 is 1.72 bits per heavy atom. The molecule has 7 heteroatoms. The van der Waals surface area contributed by atoms with E-state index < -0.39 is 11.9 Å². The molecule has 1 aromatic heterocycles. The molecular formula is C18H22N2O5. The van der Waals surface area contributed by atoms with E-state index in [9.17, 15) is 4.79 Å². The second-order valence-electron chi connectivity index (χ2n) is 5.81. The van der Waals surface area contributed by atoms with Crippen LogP contribution in [0.2, 0.25) is 0 Å². The van der Waals surface area contributed by atoms with Crippen molar-refractivity contribution >= 4 is 28.6 Å². The van der Waals surface area contributed by atoms with Crippen LogP contribution >= 0.6 is 0 Å². The van der Waals surface area contributed by atoms with Gasteiger partial charge < -0.3 is 20.1 Å². The number of nitrogens with zero attached hydrogens (tertiary/aromatic N) is 1. The lowest BCUT2D eigenvalue weighted by molar-refractivity contribution is -0.159. The lowest BCUT2D eigenvalue weighted by Crippen LogP contribution is -2.19. The van der Waals surface area contributed by atoms with Crippen LogP contribution in [0.1, 0.15) is 35.5 Å². The van der Waals surface area contributed by atoms with Crippen LogP contribution in [0.25, 0.3) is 10.9 Å². The molecule has 2 aliphatic heterocycles. The molecule has 0 atom stereocenters. The summed E-state index contributed by atoms with van der Waals surface area (Å²) in [7, 11) is 0. The molecular weight excluding hydrogens is 324 g/mol. The van der Waals surface area contributed by atoms with Crippen LogP contribution < -0.4 is 5.32 Å². The first-order valence-corrected chi connectivity index (χ1v) is 7.83. The Hall–Kier alpha value is -2.67. The van der Waals surface area contributed by atoms with Crippen molar-refractivity contribution < 1.29 is 24.6 Å². The third-order valence-corrected chi connectivity index (χ3v) is 4.44. The number of hydrogen-bond acceptors (Lipinski definition) is 4. The van der Waals surface area contributed by atoms with Crippen molar-refractivity contribution in [3.8, 4) is 0 Å². The molecule has 0 amide bonds. The van der Waals surface area contributed by atoms with Gasteiger partial charge in [-0.3, -0.25) is 4.79 Å². The van der Waals surface area contributed by atoms with E-state index in [4.69, 9.17) is 19.8 Å². The molecule has 0 spiro atoms. The van der Waals surface area contributed by atoms with Crippen molar-refractivity contribution in [1.82, 2.24) is 9.88 Å². The fourth-order valence-electron chi connectivity index (χ4n) is 3.46. The van der Waals surface area contributed by atoms with Crippen molar-refractivity contribution in [2.24, 2.45) is 0 Å². The quantitative estimate of drug-likeness (QED) is 0.627. The summed E-state index contributed by atoms with van der Waals surface area (Å²) in [6.07, 6.45) is 2.81. The number of ketones is 1. The van der Waals surface area contributed by atoms with Gasteiger partial charge in [0.25, 0.3) is 0 Å². The number of hydrogen-bond donors (Lipinski definition) is 3. The Morgan fingerprint density at radius 1 is 1.04 bits per heavy atom. The van der Waals surface area contributed by atoms with Gasteiger partial charge in [0.1, 0.15) is 0 Å². The summed E-state index contributed by atoms with van der Waals surface area (Å²) in [4.78, 5) is 30.2. The molecule has 7 nitrogen and oxygen atoms in total. The van der Waals surface area contributed by atoms with Gasteiger partial charge in [-0.1, -0.05) is 19.6 Å². The fraction of sp³-hybridized carbons (Fsp3) is 0.389. The van der Waals surface area contributed by atoms with Crippen LogP contribution in [-0.2, 0) is 29.0 Å². The van der Waals surface area contributed by atoms with Crippen LogP contribution in [0.15, 0.2) is 18.2 Å². The molecule has 4 rings (SSSR count). The summed E-state index contributed by atoms with van der Waals surface area (Å²) in [5, 5.41) is 19.5. The SMILES string of the molecule is C.O=C(O)C(=O)O.O=C1CCn2c3c(c4cccc1c42)CCNCC3. The predicted molar refractivity (Wildman–Crippen MR) is 93.2 cm³/mol. The zero-order valence-corrected chi connectivity index (χ0v) is 13.0. The molecule has 3 N–H and O–H groups in total. The average molecular weight is 346 g/mol. The molecule has 134 valence electrons. The molecule has 2 aromatic rings. The summed E-state index contributed by atoms with van der Waals surface area (Å²) in [6.45, 7) is 2.96. The Morgan fingerprint density at radius 3 is 2.40 bits per heavy atom. The summed E-state index contributed by atoms with van der Waals surface area (Å²) in [6, 6.07) is 6.19. The molecule has 0 saturated carbocycles. The number of para-hydroxylation sites is 1. The number of Topliss-reactive ketones (excluding diaryl/α,β-unsaturated/α-hetero) is 1. The normalized spacial score (nSPS) is 15.3. The van der Waals surface area contributed by atoms with Gasteiger partial charge in [0.2, 0.25) is 0 Å². The number of carboxylic acids is 2. The van der Waals surface area contributed by atoms with Gasteiger partial charge in [0.15, 0.2) is 5.78 Å². The van der Waals surface area contributed by atoms with E-state index in [0.717, 1.165) is 38.0 Å². The number of aliphatic carboxylic acids is 2. The number of carboxylic acid groups (broad SMARTS) is 2. The van der Waals surface area contributed by atoms with Gasteiger partial charge in [-0.25, -0.2) is 9.59 Å². The number of aryl methyl sites for hydroxylation is 1. The Balaban J connectivity index is 0.000000283. The number of nitrogens with one attached hydrogen (secondary N) is 1. The highest BCUT2D eigenvalue weighted by Crippen LogP contribution is 2.33. The van der Waals surface area contributed by atoms with Gasteiger partial charge >= 0.3 is 11.9 Å². The average Bonchev–Trinajstić information content (AvgIpc) is 2.73. The lowest BCUT2D eigenvalue weighted by atomic mass is 10.0. The lowest BCUT2D eigenvalue weighted by Gasteiger charge is -2.17. The highest BCUT2D eigenvalue weighted by Gasteiger charge is 2.25. The molecule has 2 aliphatic rings. The van der Waals surface area contributed by atoms with E-state index in [-0.39, 0.29) is 7.43 Å². The highest BCUT2D eigenvalue weighted by molar-refractivity contribution is 6.27. The number of benzene rings is 1. The number of carbonyl (C=O) groups is 3. The van der Waals surface area contributed by atoms with Crippen molar-refractivity contribution in [2.75, 3.05) is 13.1 Å². The largest absolute Gasteiger partial charge is 0.473 e. The fourth-order valence-corrected chi connectivity index (χ4v) is 3.46. The zero-order chi connectivity index (χ0) is 17.3. The van der Waals surface area contributed by atoms with E-state index in [1.54, 1.807) is 0 Å². The highest BCUT2D eigenvalue weighted by atomic mass is 16.4. The second kappa shape index (κ2) is 7.48. The van der Waals surface area contributed by atoms with Gasteiger partial charge in [-0.05, 0) is 24.6 Å². The van der Waals surface area contributed by atoms with Crippen molar-refractivity contribution in [3.63, 3.8) is 0 Å². The standard InChI is InChI=1S/C15H16N2O.C2H2O4.CH4/c18-14-6-9-17-13-5-8-16-7-4-10(13)11-2-1-3-12(14)15(11)17;3-1(4)2(5)6;/h1-3,16H,4-9H2;(H,3,4)(H,5,6);1H4. The Kier molecular flexibility index (Phi) is 5.58. The van der Waals surface area contributed by atoms with Gasteiger partial charge in [0.05, 0.1) is 5.52 Å². The minimum Gasteiger partial charge on any atom is -0.473 e. The molecule has 0 fully saturated rings. The molecule has 0 radical (unpaired) electrons. The predicted octanol–water partition coefficient (Wildman–Crippen LogP) is 1.71. The topological polar surface area (TPSA) is 109 Å². The van der Waals surface area contributed by atoms with Crippen LogP contribution in [0.4, 0.5) is 0 Å². The van der Waals surface area contributed by atoms with E-state index in [1.165, 1.54) is 22.2 Å². The van der Waals surface area contributed by atoms with Gasteiger partial charge in [-0.2, -0.15) is 0 Å². The van der Waals surface area contributed by atoms with Crippen LogP contribution in [0, 0.1) is 0 Å². The van der Waals surface area contributed by atoms with Crippen LogP contribution in [0.3, 0.4) is 0 Å². The molecule has 1 aromatic carbocycles. The van der Waals surface area contributed by atoms with E-state index >= 15 is 0 Å². The third-order valence-electron chi connectivity index (χ3n) is 4.44. The smallest absolute Gasteiger partial charge is 0.414 e. The summed E-state index contributed by atoms with van der Waals surface area (Å²) in [5.74, 6) is -3.34. The first-order chi connectivity index (χ1) is 11.5. The summed E-state index contributed by atoms with van der Waals surface area (Å²) in [5.41, 5.74) is 5.04. The maximum Gasteiger partial charge on any atom is 0.414 e. The molecule has 25 heavy (non-hydrogen) atoms. The molecule has 3 heterocycles. The van der Waals surface area contributed by atoms with Crippen LogP contribution in [-0.4, -0.2) is 45.6 Å². The number of rotatable bonds is 0. The molecule has 0 aliphatic carbocycles. The molecule has 0 saturated heterocycles. The maximum atomic E-state index is 12.0. The maximum absolute atomic E-state index is 12.0. The van der Waals surface area contributed by atoms with Crippen molar-refractivity contribution in [3.05, 3.63) is 35.0 Å². The Labute approximate surface area is 145 Å². The van der Waals surface area contributed by atoms with Crippen molar-refractivity contribution in [1.29, 1.82) is 0 Å². The second-order valence-corrected chi connectivity index (χ2v) is 5.81. The molecule has 0 unspecified atom stereocenters. The zero-order valence-electron chi connectivity index (χ0n) is 13.0. The number of fused-ring (bicyclic) bond motifs is 3. The summed E-state index contributed by atoms with van der Waals surface area (Å²) < 4.78 is 2.40.